The molecule has 0 aliphatic carbocycles. The number of amides is 1. The van der Waals surface area contributed by atoms with E-state index in [-0.39, 0.29) is 11.4 Å². The minimum Gasteiger partial charge on any atom is -0.324 e. The summed E-state index contributed by atoms with van der Waals surface area (Å²) in [5.74, 6) is -1.31. The zero-order valence-corrected chi connectivity index (χ0v) is 22.8. The number of benzene rings is 2. The van der Waals surface area contributed by atoms with E-state index in [2.05, 4.69) is 10.4 Å². The number of allylic oxidation sites excluding steroid dienone is 1. The van der Waals surface area contributed by atoms with Crippen LogP contribution in [0.2, 0.25) is 0 Å². The van der Waals surface area contributed by atoms with Gasteiger partial charge in [-0.3, -0.25) is 9.80 Å². The molecular formula is C26H32F2N3O3PS. The Labute approximate surface area is 214 Å². The predicted molar refractivity (Wildman–Crippen MR) is 143 cm³/mol. The SMILES string of the molecule is C/C=C(\CCC)C1C(c2ccc(S(C)(=O)=O)cc2)=NN(CC(=O)Nc2ccccc2)C1(C)C(F)(F)P. The van der Waals surface area contributed by atoms with Gasteiger partial charge in [-0.15, -0.1) is 0 Å². The third-order valence-corrected chi connectivity index (χ3v) is 8.20. The summed E-state index contributed by atoms with van der Waals surface area (Å²) in [5.41, 5.74) is -2.96. The largest absolute Gasteiger partial charge is 0.324 e. The Morgan fingerprint density at radius 2 is 1.81 bits per heavy atom. The summed E-state index contributed by atoms with van der Waals surface area (Å²) >= 11 is 0. The maximum atomic E-state index is 15.4. The fourth-order valence-corrected chi connectivity index (χ4v) is 5.45. The zero-order chi connectivity index (χ0) is 26.7. The molecule has 0 radical (unpaired) electrons. The summed E-state index contributed by atoms with van der Waals surface area (Å²) in [7, 11) is -1.80. The summed E-state index contributed by atoms with van der Waals surface area (Å²) in [6.07, 6.45) is 4.25. The van der Waals surface area contributed by atoms with Crippen molar-refractivity contribution in [1.82, 2.24) is 5.01 Å². The number of hydrazone groups is 1. The van der Waals surface area contributed by atoms with Crippen LogP contribution in [0.1, 0.15) is 39.2 Å². The molecule has 3 unspecified atom stereocenters. The average Bonchev–Trinajstić information content (AvgIpc) is 3.10. The van der Waals surface area contributed by atoms with Gasteiger partial charge in [0.1, 0.15) is 12.1 Å². The number of nitrogens with zero attached hydrogens (tertiary/aromatic N) is 2. The Hall–Kier alpha value is -2.64. The molecule has 0 spiro atoms. The van der Waals surface area contributed by atoms with Crippen LogP contribution in [0.5, 0.6) is 0 Å². The molecule has 0 aromatic heterocycles. The van der Waals surface area contributed by atoms with Gasteiger partial charge in [0.05, 0.1) is 16.5 Å². The monoisotopic (exact) mass is 535 g/mol. The first-order chi connectivity index (χ1) is 16.8. The number of alkyl halides is 2. The second kappa shape index (κ2) is 10.8. The lowest BCUT2D eigenvalue weighted by Gasteiger charge is -2.43. The van der Waals surface area contributed by atoms with Gasteiger partial charge in [0.2, 0.25) is 5.91 Å². The minimum absolute atomic E-state index is 0.124. The minimum atomic E-state index is -3.43. The van der Waals surface area contributed by atoms with Crippen LogP contribution in [0.3, 0.4) is 0 Å². The van der Waals surface area contributed by atoms with Crippen LogP contribution in [0.15, 0.2) is 76.2 Å². The molecule has 0 bridgehead atoms. The van der Waals surface area contributed by atoms with Crippen molar-refractivity contribution in [2.75, 3.05) is 18.1 Å². The molecule has 10 heteroatoms. The molecule has 2 aromatic carbocycles. The van der Waals surface area contributed by atoms with Gasteiger partial charge in [-0.25, -0.2) is 8.42 Å². The lowest BCUT2D eigenvalue weighted by atomic mass is 9.74. The molecule has 36 heavy (non-hydrogen) atoms. The summed E-state index contributed by atoms with van der Waals surface area (Å²) in [6, 6.07) is 14.8. The highest BCUT2D eigenvalue weighted by Gasteiger charge is 2.61. The summed E-state index contributed by atoms with van der Waals surface area (Å²) in [5, 5.41) is 8.50. The van der Waals surface area contributed by atoms with Gasteiger partial charge in [-0.05, 0) is 50.1 Å². The number of hydrogen-bond acceptors (Lipinski definition) is 5. The van der Waals surface area contributed by atoms with Crippen molar-refractivity contribution < 1.29 is 22.0 Å². The number of carbonyl (C=O) groups excluding carboxylic acids is 1. The molecule has 3 atom stereocenters. The quantitative estimate of drug-likeness (QED) is 0.348. The van der Waals surface area contributed by atoms with Crippen LogP contribution in [-0.2, 0) is 14.6 Å². The molecule has 0 saturated carbocycles. The summed E-state index contributed by atoms with van der Waals surface area (Å²) < 4.78 is 54.8. The normalized spacial score (nSPS) is 20.9. The molecule has 0 fully saturated rings. The smallest absolute Gasteiger partial charge is 0.283 e. The van der Waals surface area contributed by atoms with Gasteiger partial charge in [0.15, 0.2) is 9.84 Å². The number of sulfone groups is 1. The van der Waals surface area contributed by atoms with Crippen LogP contribution in [0.4, 0.5) is 14.5 Å². The first-order valence-electron chi connectivity index (χ1n) is 11.7. The molecule has 1 aliphatic heterocycles. The van der Waals surface area contributed by atoms with Gasteiger partial charge < -0.3 is 5.32 Å². The van der Waals surface area contributed by atoms with E-state index in [1.165, 1.54) is 24.1 Å². The van der Waals surface area contributed by atoms with Crippen molar-refractivity contribution in [3.8, 4) is 0 Å². The van der Waals surface area contributed by atoms with Crippen molar-refractivity contribution in [2.24, 2.45) is 11.0 Å². The lowest BCUT2D eigenvalue weighted by Crippen LogP contribution is -2.58. The van der Waals surface area contributed by atoms with E-state index in [4.69, 9.17) is 0 Å². The standard InChI is InChI=1S/C26H32F2N3O3PS/c1-5-10-18(6-2)23-24(19-13-15-21(16-14-19)36(4,33)34)30-31(25(23,3)26(27,28)35)17-22(32)29-20-11-8-7-9-12-20/h6-9,11-16,23H,5,10,17,35H2,1-4H3,(H,29,32)/b18-6+. The van der Waals surface area contributed by atoms with E-state index < -0.39 is 32.9 Å². The number of halogens is 2. The van der Waals surface area contributed by atoms with Crippen LogP contribution >= 0.6 is 9.24 Å². The summed E-state index contributed by atoms with van der Waals surface area (Å²) in [6.45, 7) is 4.81. The average molecular weight is 536 g/mol. The Morgan fingerprint density at radius 1 is 1.19 bits per heavy atom. The van der Waals surface area contributed by atoms with Crippen molar-refractivity contribution in [1.29, 1.82) is 0 Å². The second-order valence-corrected chi connectivity index (χ2v) is 11.8. The zero-order valence-electron chi connectivity index (χ0n) is 20.8. The highest BCUT2D eigenvalue weighted by Crippen LogP contribution is 2.52. The van der Waals surface area contributed by atoms with Gasteiger partial charge >= 0.3 is 0 Å². The molecule has 1 heterocycles. The Bertz CT molecular complexity index is 1260. The number of nitrogens with one attached hydrogen (secondary N) is 1. The fourth-order valence-electron chi connectivity index (χ4n) is 4.51. The third kappa shape index (κ3) is 5.68. The molecule has 194 valence electrons. The van der Waals surface area contributed by atoms with Crippen molar-refractivity contribution in [3.63, 3.8) is 0 Å². The van der Waals surface area contributed by atoms with Crippen molar-refractivity contribution in [2.45, 2.75) is 49.7 Å². The van der Waals surface area contributed by atoms with E-state index in [9.17, 15) is 13.2 Å². The number of rotatable bonds is 9. The lowest BCUT2D eigenvalue weighted by molar-refractivity contribution is -0.123. The molecule has 1 amide bonds. The van der Waals surface area contributed by atoms with E-state index in [0.29, 0.717) is 23.4 Å². The molecule has 1 N–H and O–H groups in total. The van der Waals surface area contributed by atoms with Crippen LogP contribution in [0, 0.1) is 5.92 Å². The second-order valence-electron chi connectivity index (χ2n) is 9.07. The molecule has 0 saturated heterocycles. The van der Waals surface area contributed by atoms with Gasteiger partial charge in [-0.1, -0.05) is 64.6 Å². The van der Waals surface area contributed by atoms with E-state index >= 15 is 8.78 Å². The molecule has 2 aromatic rings. The van der Waals surface area contributed by atoms with Crippen LogP contribution < -0.4 is 5.32 Å². The Morgan fingerprint density at radius 3 is 2.31 bits per heavy atom. The highest BCUT2D eigenvalue weighted by molar-refractivity contribution is 7.90. The van der Waals surface area contributed by atoms with Gasteiger partial charge in [0, 0.05) is 11.9 Å². The molecule has 3 rings (SSSR count). The first-order valence-corrected chi connectivity index (χ1v) is 14.1. The maximum absolute atomic E-state index is 15.4. The Kier molecular flexibility index (Phi) is 8.36. The molecule has 6 nitrogen and oxygen atoms in total. The number of hydrogen-bond donors (Lipinski definition) is 1. The van der Waals surface area contributed by atoms with Crippen molar-refractivity contribution in [3.05, 3.63) is 71.8 Å². The topological polar surface area (TPSA) is 78.8 Å². The fraction of sp³-hybridized carbons (Fsp3) is 0.385. The van der Waals surface area contributed by atoms with E-state index in [1.54, 1.807) is 45.6 Å². The van der Waals surface area contributed by atoms with Gasteiger partial charge in [0.25, 0.3) is 5.66 Å². The maximum Gasteiger partial charge on any atom is 0.283 e. The number of anilines is 1. The van der Waals surface area contributed by atoms with Crippen LogP contribution in [-0.4, -0.2) is 49.0 Å². The third-order valence-electron chi connectivity index (χ3n) is 6.48. The molecular weight excluding hydrogens is 503 g/mol. The number of carbonyl (C=O) groups is 1. The Balaban J connectivity index is 2.10. The summed E-state index contributed by atoms with van der Waals surface area (Å²) in [4.78, 5) is 13.0. The van der Waals surface area contributed by atoms with E-state index in [1.807, 2.05) is 26.0 Å². The molecule has 1 aliphatic rings. The highest BCUT2D eigenvalue weighted by atomic mass is 32.2. The van der Waals surface area contributed by atoms with Crippen LogP contribution in [0.25, 0.3) is 0 Å². The predicted octanol–water partition coefficient (Wildman–Crippen LogP) is 5.34. The first kappa shape index (κ1) is 27.9. The number of para-hydroxylation sites is 1. The van der Waals surface area contributed by atoms with Crippen molar-refractivity contribution >= 4 is 36.4 Å². The van der Waals surface area contributed by atoms with Gasteiger partial charge in [-0.2, -0.15) is 13.9 Å². The van der Waals surface area contributed by atoms with E-state index in [0.717, 1.165) is 18.2 Å².